The van der Waals surface area contributed by atoms with Crippen LogP contribution in [-0.4, -0.2) is 102 Å². The van der Waals surface area contributed by atoms with Crippen molar-refractivity contribution >= 4 is 11.9 Å². The van der Waals surface area contributed by atoms with Gasteiger partial charge in [0.2, 0.25) is 0 Å². The van der Waals surface area contributed by atoms with Crippen molar-refractivity contribution in [1.82, 2.24) is 0 Å². The number of aliphatic carboxylic acids is 2. The fraction of sp³-hybridized carbons (Fsp3) is 0.895. The number of hydrogen-bond acceptors (Lipinski definition) is 5. The molecule has 3 N–H and O–H groups in total. The lowest BCUT2D eigenvalue weighted by Gasteiger charge is -2.30. The van der Waals surface area contributed by atoms with E-state index >= 15 is 0 Å². The van der Waals surface area contributed by atoms with E-state index in [1.807, 2.05) is 0 Å². The Morgan fingerprint density at radius 3 is 1.44 bits per heavy atom. The van der Waals surface area contributed by atoms with E-state index in [4.69, 9.17) is 15.3 Å². The minimum atomic E-state index is -2.38. The molecule has 0 aromatic rings. The number of rotatable bonds is 9. The normalized spacial score (nSPS) is 22.5. The molecule has 0 bridgehead atoms. The predicted octanol–water partition coefficient (Wildman–Crippen LogP) is -0.820. The zero-order chi connectivity index (χ0) is 20.5. The number of quaternary nitrogens is 2. The second-order valence-corrected chi connectivity index (χ2v) is 8.60. The standard InChI is InChI=1S/C15H32N2.C4H6O6/c1-16(12-6-7-13-16)10-4-3-5-11-17(2)14-8-9-15-17;5-1(3(7)8)2(6)4(9)10/h3-15H2,1-2H3;1-2,5-6H,(H,7,8)(H,9,10)/q+2;/p-1/t;1-,2-/m.1/s1. The highest BCUT2D eigenvalue weighted by molar-refractivity contribution is 5.82. The summed E-state index contributed by atoms with van der Waals surface area (Å²) in [5, 5.41) is 34.1. The van der Waals surface area contributed by atoms with Crippen LogP contribution in [0.2, 0.25) is 0 Å². The Hall–Kier alpha value is -1.22. The predicted molar refractivity (Wildman–Crippen MR) is 98.5 cm³/mol. The van der Waals surface area contributed by atoms with Crippen molar-refractivity contribution in [2.75, 3.05) is 53.4 Å². The topological polar surface area (TPSA) is 118 Å². The van der Waals surface area contributed by atoms with Gasteiger partial charge >= 0.3 is 5.97 Å². The number of carboxylic acids is 2. The smallest absolute Gasteiger partial charge is 0.335 e. The number of carbonyl (C=O) groups is 2. The van der Waals surface area contributed by atoms with Crippen LogP contribution in [0.15, 0.2) is 0 Å². The Balaban J connectivity index is 0.000000314. The average molecular weight is 390 g/mol. The lowest BCUT2D eigenvalue weighted by molar-refractivity contribution is -0.899. The van der Waals surface area contributed by atoms with Gasteiger partial charge in [0.05, 0.1) is 59.3 Å². The molecule has 0 unspecified atom stereocenters. The number of carboxylic acid groups (broad SMARTS) is 2. The first-order valence-electron chi connectivity index (χ1n) is 10.1. The van der Waals surface area contributed by atoms with Gasteiger partial charge in [-0.3, -0.25) is 0 Å². The van der Waals surface area contributed by atoms with Crippen molar-refractivity contribution in [3.63, 3.8) is 0 Å². The molecule has 2 aliphatic heterocycles. The Kier molecular flexibility index (Phi) is 9.66. The first kappa shape index (κ1) is 23.8. The minimum absolute atomic E-state index is 1.37. The van der Waals surface area contributed by atoms with Crippen LogP contribution >= 0.6 is 0 Å². The maximum atomic E-state index is 9.74. The first-order chi connectivity index (χ1) is 12.6. The molecule has 0 radical (unpaired) electrons. The van der Waals surface area contributed by atoms with Gasteiger partial charge in [-0.05, 0) is 19.3 Å². The van der Waals surface area contributed by atoms with Crippen molar-refractivity contribution in [3.05, 3.63) is 0 Å². The maximum absolute atomic E-state index is 9.74. The summed E-state index contributed by atoms with van der Waals surface area (Å²) in [4.78, 5) is 19.4. The van der Waals surface area contributed by atoms with Crippen LogP contribution < -0.4 is 5.11 Å². The van der Waals surface area contributed by atoms with E-state index in [2.05, 4.69) is 14.1 Å². The third-order valence-electron chi connectivity index (χ3n) is 5.98. The largest absolute Gasteiger partial charge is 0.547 e. The molecule has 2 saturated heterocycles. The van der Waals surface area contributed by atoms with Gasteiger partial charge in [-0.2, -0.15) is 0 Å². The Morgan fingerprint density at radius 1 is 0.815 bits per heavy atom. The van der Waals surface area contributed by atoms with Gasteiger partial charge in [0, 0.05) is 25.7 Å². The molecule has 27 heavy (non-hydrogen) atoms. The van der Waals surface area contributed by atoms with Crippen LogP contribution in [0.5, 0.6) is 0 Å². The quantitative estimate of drug-likeness (QED) is 0.350. The van der Waals surface area contributed by atoms with E-state index in [0.717, 1.165) is 0 Å². The highest BCUT2D eigenvalue weighted by Gasteiger charge is 2.27. The molecular formula is C19H37N2O6+. The summed E-state index contributed by atoms with van der Waals surface area (Å²) < 4.78 is 2.73. The van der Waals surface area contributed by atoms with E-state index in [-0.39, 0.29) is 0 Å². The number of unbranched alkanes of at least 4 members (excludes halogenated alkanes) is 2. The van der Waals surface area contributed by atoms with Crippen LogP contribution in [0.25, 0.3) is 0 Å². The van der Waals surface area contributed by atoms with Gasteiger partial charge in [0.25, 0.3) is 0 Å². The van der Waals surface area contributed by atoms with Gasteiger partial charge in [-0.25, -0.2) is 4.79 Å². The SMILES string of the molecule is C[N+]1(CCCCC[N+]2(C)CCCC2)CCCC1.O=C([O-])[C@H](O)[C@@H](O)C(=O)O. The molecule has 8 heteroatoms. The van der Waals surface area contributed by atoms with Crippen molar-refractivity contribution in [3.8, 4) is 0 Å². The van der Waals surface area contributed by atoms with Crippen molar-refractivity contribution in [2.45, 2.75) is 57.2 Å². The lowest BCUT2D eigenvalue weighted by Crippen LogP contribution is -2.46. The molecule has 2 atom stereocenters. The second kappa shape index (κ2) is 10.9. The van der Waals surface area contributed by atoms with E-state index in [1.54, 1.807) is 0 Å². The van der Waals surface area contributed by atoms with E-state index in [1.165, 1.54) is 93.2 Å². The highest BCUT2D eigenvalue weighted by Crippen LogP contribution is 2.20. The van der Waals surface area contributed by atoms with Gasteiger partial charge in [-0.1, -0.05) is 0 Å². The minimum Gasteiger partial charge on any atom is -0.547 e. The fourth-order valence-corrected chi connectivity index (χ4v) is 4.07. The number of nitrogens with zero attached hydrogens (tertiary/aromatic N) is 2. The summed E-state index contributed by atoms with van der Waals surface area (Å²) in [7, 11) is 4.92. The van der Waals surface area contributed by atoms with Crippen LogP contribution in [0.3, 0.4) is 0 Å². The molecule has 8 nitrogen and oxygen atoms in total. The molecule has 158 valence electrons. The van der Waals surface area contributed by atoms with Gasteiger partial charge < -0.3 is 34.2 Å². The Labute approximate surface area is 162 Å². The van der Waals surface area contributed by atoms with Crippen LogP contribution in [-0.2, 0) is 9.59 Å². The first-order valence-corrected chi connectivity index (χ1v) is 10.1. The van der Waals surface area contributed by atoms with Crippen molar-refractivity contribution < 1.29 is 39.0 Å². The number of aliphatic hydroxyl groups is 2. The molecule has 0 saturated carbocycles. The lowest BCUT2D eigenvalue weighted by atomic mass is 10.2. The molecule has 2 rings (SSSR count). The van der Waals surface area contributed by atoms with E-state index in [0.29, 0.717) is 0 Å². The van der Waals surface area contributed by atoms with Crippen molar-refractivity contribution in [1.29, 1.82) is 0 Å². The molecule has 2 heterocycles. The summed E-state index contributed by atoms with van der Waals surface area (Å²) >= 11 is 0. The maximum Gasteiger partial charge on any atom is 0.335 e. The number of likely N-dealkylation sites (tertiary alicyclic amines) is 2. The van der Waals surface area contributed by atoms with Gasteiger partial charge in [0.15, 0.2) is 6.10 Å². The zero-order valence-corrected chi connectivity index (χ0v) is 16.8. The fourth-order valence-electron chi connectivity index (χ4n) is 4.07. The molecule has 0 aromatic carbocycles. The Morgan fingerprint density at radius 2 is 1.19 bits per heavy atom. The third kappa shape index (κ3) is 8.55. The molecule has 2 fully saturated rings. The summed E-state index contributed by atoms with van der Waals surface area (Å²) in [6.45, 7) is 8.62. The number of hydrogen-bond donors (Lipinski definition) is 3. The Bertz CT molecular complexity index is 431. The van der Waals surface area contributed by atoms with E-state index in [9.17, 15) is 14.7 Å². The summed E-state index contributed by atoms with van der Waals surface area (Å²) in [6, 6.07) is 0. The highest BCUT2D eigenvalue weighted by atomic mass is 16.4. The summed E-state index contributed by atoms with van der Waals surface area (Å²) in [5.41, 5.74) is 0. The zero-order valence-electron chi connectivity index (χ0n) is 16.8. The third-order valence-corrected chi connectivity index (χ3v) is 5.98. The van der Waals surface area contributed by atoms with Crippen LogP contribution in [0.4, 0.5) is 0 Å². The molecule has 2 aliphatic rings. The van der Waals surface area contributed by atoms with Crippen LogP contribution in [0.1, 0.15) is 44.9 Å². The molecule has 0 spiro atoms. The molecular weight excluding hydrogens is 352 g/mol. The molecule has 0 amide bonds. The summed E-state index contributed by atoms with van der Waals surface area (Å²) in [6.07, 6.45) is 5.52. The van der Waals surface area contributed by atoms with Crippen LogP contribution in [0, 0.1) is 0 Å². The summed E-state index contributed by atoms with van der Waals surface area (Å²) in [5.74, 6) is -3.83. The second-order valence-electron chi connectivity index (χ2n) is 8.60. The van der Waals surface area contributed by atoms with Gasteiger partial charge in [0.1, 0.15) is 6.10 Å². The molecule has 0 aromatic heterocycles. The number of carbonyl (C=O) groups excluding carboxylic acids is 1. The molecule has 0 aliphatic carbocycles. The number of aliphatic hydroxyl groups excluding tert-OH is 2. The van der Waals surface area contributed by atoms with Crippen molar-refractivity contribution in [2.24, 2.45) is 0 Å². The van der Waals surface area contributed by atoms with E-state index < -0.39 is 24.1 Å². The average Bonchev–Trinajstić information content (AvgIpc) is 3.23. The van der Waals surface area contributed by atoms with Gasteiger partial charge in [-0.15, -0.1) is 0 Å². The monoisotopic (exact) mass is 389 g/mol.